The van der Waals surface area contributed by atoms with Crippen LogP contribution in [0.5, 0.6) is 0 Å². The number of aliphatic hydroxyl groups excluding tert-OH is 2. The van der Waals surface area contributed by atoms with Crippen LogP contribution in [-0.4, -0.2) is 22.9 Å². The summed E-state index contributed by atoms with van der Waals surface area (Å²) in [6.07, 6.45) is -0.560. The van der Waals surface area contributed by atoms with Crippen molar-refractivity contribution in [3.8, 4) is 0 Å². The monoisotopic (exact) mass is 444 g/mol. The molecule has 0 amide bonds. The number of hydrogen-bond acceptors (Lipinski definition) is 12. The Morgan fingerprint density at radius 1 is 0.826 bits per heavy atom. The Morgan fingerprint density at radius 2 is 1.00 bits per heavy atom. The molecule has 2 N–H and O–H groups in total. The van der Waals surface area contributed by atoms with Crippen LogP contribution in [0, 0.1) is 0 Å². The minimum atomic E-state index is -5.97. The molecule has 0 radical (unpaired) electrons. The van der Waals surface area contributed by atoms with Crippen molar-refractivity contribution < 1.29 is 205 Å². The van der Waals surface area contributed by atoms with Gasteiger partial charge >= 0.3 is 148 Å². The molecule has 0 bridgehead atoms. The zero-order valence-electron chi connectivity index (χ0n) is 13.6. The third kappa shape index (κ3) is 46.9. The standard InChI is InChI=1S/C3H8O2.5Na.H5O10P3/c1-3(5)2-4;;;;;;1-11(2,3)9-13(7,8)10-12(4,5)6/h3-5H,2H2,1H3;;;;;;(H,7,8)(H2,1,2,3)(H2,4,5,6)/q;5*+1;/p-5. The smallest absolute Gasteiger partial charge is 0.790 e. The Morgan fingerprint density at radius 3 is 1.09 bits per heavy atom. The molecule has 0 aliphatic rings. The molecule has 112 valence electrons. The molecular formula is C3H8Na5O12P3. The van der Waals surface area contributed by atoms with Gasteiger partial charge in [-0.1, -0.05) is 0 Å². The van der Waals surface area contributed by atoms with Crippen molar-refractivity contribution in [2.75, 3.05) is 6.61 Å². The second-order valence-electron chi connectivity index (χ2n) is 2.54. The van der Waals surface area contributed by atoms with Gasteiger partial charge in [0.15, 0.2) is 0 Å². The van der Waals surface area contributed by atoms with Gasteiger partial charge in [0.2, 0.25) is 0 Å². The molecular weight excluding hydrogens is 436 g/mol. The molecule has 1 unspecified atom stereocenters. The summed E-state index contributed by atoms with van der Waals surface area (Å²) in [6.45, 7) is 1.39. The summed E-state index contributed by atoms with van der Waals surface area (Å²) in [5, 5.41) is 16.0. The van der Waals surface area contributed by atoms with Crippen molar-refractivity contribution >= 4 is 23.5 Å². The predicted octanol–water partition coefficient (Wildman–Crippen LogP) is -19.5. The second kappa shape index (κ2) is 22.0. The molecule has 23 heavy (non-hydrogen) atoms. The Bertz CT molecular complexity index is 352. The van der Waals surface area contributed by atoms with Crippen LogP contribution in [0.1, 0.15) is 6.92 Å². The van der Waals surface area contributed by atoms with E-state index in [9.17, 15) is 38.2 Å². The van der Waals surface area contributed by atoms with Crippen molar-refractivity contribution in [3.63, 3.8) is 0 Å². The van der Waals surface area contributed by atoms with E-state index < -0.39 is 29.6 Å². The number of rotatable bonds is 5. The SMILES string of the molecule is CC(O)CO.O=P([O-])([O-])OP(=O)([O-])OP(=O)([O-])[O-].[Na+].[Na+].[Na+].[Na+].[Na+]. The van der Waals surface area contributed by atoms with Gasteiger partial charge in [-0.2, -0.15) is 0 Å². The van der Waals surface area contributed by atoms with E-state index in [0.29, 0.717) is 0 Å². The molecule has 0 fully saturated rings. The quantitative estimate of drug-likeness (QED) is 0.298. The molecule has 0 saturated carbocycles. The van der Waals surface area contributed by atoms with Crippen LogP contribution in [0.2, 0.25) is 0 Å². The van der Waals surface area contributed by atoms with E-state index >= 15 is 0 Å². The maximum absolute atomic E-state index is 10.1. The third-order valence-corrected chi connectivity index (χ3v) is 3.86. The van der Waals surface area contributed by atoms with Crippen LogP contribution in [0.15, 0.2) is 0 Å². The van der Waals surface area contributed by atoms with Crippen LogP contribution in [0.3, 0.4) is 0 Å². The molecule has 20 heteroatoms. The molecule has 0 rings (SSSR count). The fourth-order valence-corrected chi connectivity index (χ4v) is 2.61. The van der Waals surface area contributed by atoms with Crippen molar-refractivity contribution in [1.29, 1.82) is 0 Å². The zero-order chi connectivity index (χ0) is 15.2. The number of aliphatic hydroxyl groups is 2. The fourth-order valence-electron chi connectivity index (χ4n) is 0.260. The van der Waals surface area contributed by atoms with E-state index in [4.69, 9.17) is 10.2 Å². The van der Waals surface area contributed by atoms with Crippen molar-refractivity contribution in [3.05, 3.63) is 0 Å². The minimum absolute atomic E-state index is 0. The topological polar surface area (TPSA) is 225 Å². The summed E-state index contributed by atoms with van der Waals surface area (Å²) in [4.78, 5) is 48.6. The number of phosphoric acid groups is 3. The van der Waals surface area contributed by atoms with E-state index in [1.54, 1.807) is 0 Å². The molecule has 0 heterocycles. The summed E-state index contributed by atoms with van der Waals surface area (Å²) in [7, 11) is -17.9. The molecule has 0 aliphatic heterocycles. The minimum Gasteiger partial charge on any atom is -0.790 e. The van der Waals surface area contributed by atoms with Gasteiger partial charge in [-0.25, -0.2) is 0 Å². The first kappa shape index (κ1) is 46.5. The maximum Gasteiger partial charge on any atom is 1.00 e. The molecule has 0 aromatic carbocycles. The van der Waals surface area contributed by atoms with Crippen LogP contribution < -0.4 is 172 Å². The Labute approximate surface area is 243 Å². The predicted molar refractivity (Wildman–Crippen MR) is 43.8 cm³/mol. The second-order valence-corrected chi connectivity index (χ2v) is 6.53. The van der Waals surface area contributed by atoms with Crippen molar-refractivity contribution in [2.24, 2.45) is 0 Å². The molecule has 0 saturated heterocycles. The van der Waals surface area contributed by atoms with Gasteiger partial charge in [-0.3, -0.25) is 13.2 Å². The van der Waals surface area contributed by atoms with E-state index in [-0.39, 0.29) is 154 Å². The summed E-state index contributed by atoms with van der Waals surface area (Å²) in [6, 6.07) is 0. The van der Waals surface area contributed by atoms with Gasteiger partial charge in [-0.15, -0.1) is 0 Å². The van der Waals surface area contributed by atoms with Crippen molar-refractivity contribution in [2.45, 2.75) is 13.0 Å². The van der Waals surface area contributed by atoms with Gasteiger partial charge in [0, 0.05) is 0 Å². The average molecular weight is 444 g/mol. The van der Waals surface area contributed by atoms with Crippen LogP contribution in [0.25, 0.3) is 0 Å². The molecule has 0 spiro atoms. The van der Waals surface area contributed by atoms with E-state index in [1.807, 2.05) is 0 Å². The fraction of sp³-hybridized carbons (Fsp3) is 1.00. The van der Waals surface area contributed by atoms with E-state index in [1.165, 1.54) is 6.92 Å². The summed E-state index contributed by atoms with van der Waals surface area (Å²) in [5.74, 6) is 0. The molecule has 0 aromatic heterocycles. The summed E-state index contributed by atoms with van der Waals surface area (Å²) in [5.41, 5.74) is 0. The Balaban J connectivity index is -0.0000000455. The van der Waals surface area contributed by atoms with Crippen LogP contribution >= 0.6 is 23.5 Å². The first-order valence-electron chi connectivity index (χ1n) is 3.75. The Hall–Kier alpha value is 5.33. The van der Waals surface area contributed by atoms with Gasteiger partial charge in [0.1, 0.15) is 0 Å². The largest absolute Gasteiger partial charge is 1.00 e. The first-order valence-corrected chi connectivity index (χ1v) is 8.13. The average Bonchev–Trinajstić information content (AvgIpc) is 1.94. The Kier molecular flexibility index (Phi) is 44.5. The molecule has 12 nitrogen and oxygen atoms in total. The van der Waals surface area contributed by atoms with Crippen molar-refractivity contribution in [1.82, 2.24) is 0 Å². The molecule has 0 aromatic rings. The van der Waals surface area contributed by atoms with Crippen LogP contribution in [0.4, 0.5) is 0 Å². The van der Waals surface area contributed by atoms with Gasteiger partial charge in [0.25, 0.3) is 7.82 Å². The van der Waals surface area contributed by atoms with E-state index in [2.05, 4.69) is 8.62 Å². The summed E-state index contributed by atoms with van der Waals surface area (Å²) >= 11 is 0. The zero-order valence-corrected chi connectivity index (χ0v) is 26.3. The van der Waals surface area contributed by atoms with Gasteiger partial charge in [0.05, 0.1) is 28.4 Å². The summed E-state index contributed by atoms with van der Waals surface area (Å²) < 4.78 is 34.7. The van der Waals surface area contributed by atoms with Gasteiger partial charge < -0.3 is 43.8 Å². The normalized spacial score (nSPS) is 11.5. The first-order chi connectivity index (χ1) is 7.68. The van der Waals surface area contributed by atoms with E-state index in [0.717, 1.165) is 0 Å². The number of hydrogen-bond donors (Lipinski definition) is 2. The molecule has 1 atom stereocenters. The van der Waals surface area contributed by atoms with Crippen LogP contribution in [-0.2, 0) is 22.3 Å². The maximum atomic E-state index is 10.1. The van der Waals surface area contributed by atoms with Gasteiger partial charge in [-0.05, 0) is 6.92 Å². The molecule has 0 aliphatic carbocycles. The third-order valence-electron chi connectivity index (χ3n) is 0.664.